The van der Waals surface area contributed by atoms with Gasteiger partial charge in [0.1, 0.15) is 10.8 Å². The van der Waals surface area contributed by atoms with E-state index in [0.717, 1.165) is 4.88 Å². The standard InChI is InChI=1S/C17H17N3O4S/c1-8-9(2)25-14(12(8)13(18)21)20-16(23)17(3)15(22)19-10-6-4-5-7-11(10)24-17/h4-7H,1-3H3,(H2,18,21)(H,19,22)(H,20,23). The molecule has 1 aliphatic rings. The van der Waals surface area contributed by atoms with Crippen molar-refractivity contribution >= 4 is 39.7 Å². The predicted molar refractivity (Wildman–Crippen MR) is 95.0 cm³/mol. The maximum absolute atomic E-state index is 12.8. The van der Waals surface area contributed by atoms with Crippen LogP contribution < -0.4 is 21.1 Å². The molecule has 130 valence electrons. The van der Waals surface area contributed by atoms with E-state index < -0.39 is 23.3 Å². The lowest BCUT2D eigenvalue weighted by molar-refractivity contribution is -0.143. The summed E-state index contributed by atoms with van der Waals surface area (Å²) in [7, 11) is 0. The van der Waals surface area contributed by atoms with Gasteiger partial charge < -0.3 is 21.1 Å². The number of amides is 3. The first-order valence-corrected chi connectivity index (χ1v) is 8.36. The van der Waals surface area contributed by atoms with Crippen molar-refractivity contribution in [2.24, 2.45) is 5.73 Å². The zero-order valence-electron chi connectivity index (χ0n) is 13.9. The van der Waals surface area contributed by atoms with Crippen molar-refractivity contribution < 1.29 is 19.1 Å². The molecule has 3 rings (SSSR count). The third-order valence-corrected chi connectivity index (χ3v) is 5.30. The van der Waals surface area contributed by atoms with Crippen molar-refractivity contribution in [3.05, 3.63) is 40.3 Å². The van der Waals surface area contributed by atoms with Gasteiger partial charge in [0, 0.05) is 4.88 Å². The molecular weight excluding hydrogens is 342 g/mol. The number of nitrogens with two attached hydrogens (primary N) is 1. The zero-order valence-corrected chi connectivity index (χ0v) is 14.7. The van der Waals surface area contributed by atoms with Crippen LogP contribution in [0.4, 0.5) is 10.7 Å². The van der Waals surface area contributed by atoms with Gasteiger partial charge in [-0.2, -0.15) is 0 Å². The molecule has 0 aliphatic carbocycles. The smallest absolute Gasteiger partial charge is 0.278 e. The Hall–Kier alpha value is -2.87. The van der Waals surface area contributed by atoms with Crippen molar-refractivity contribution in [2.75, 3.05) is 10.6 Å². The van der Waals surface area contributed by atoms with Crippen LogP contribution >= 0.6 is 11.3 Å². The van der Waals surface area contributed by atoms with Gasteiger partial charge in [-0.1, -0.05) is 12.1 Å². The van der Waals surface area contributed by atoms with Gasteiger partial charge in [0.05, 0.1) is 11.3 Å². The van der Waals surface area contributed by atoms with E-state index in [9.17, 15) is 14.4 Å². The molecule has 4 N–H and O–H groups in total. The summed E-state index contributed by atoms with van der Waals surface area (Å²) in [5, 5.41) is 5.59. The number of anilines is 2. The van der Waals surface area contributed by atoms with Crippen LogP contribution in [0.2, 0.25) is 0 Å². The van der Waals surface area contributed by atoms with Crippen LogP contribution in [0.3, 0.4) is 0 Å². The number of fused-ring (bicyclic) bond motifs is 1. The lowest BCUT2D eigenvalue weighted by Gasteiger charge is -2.33. The van der Waals surface area contributed by atoms with Gasteiger partial charge in [0.25, 0.3) is 23.3 Å². The summed E-state index contributed by atoms with van der Waals surface area (Å²) in [5.41, 5.74) is 5.09. The number of carbonyl (C=O) groups is 3. The molecule has 1 aromatic carbocycles. The third kappa shape index (κ3) is 2.74. The molecule has 25 heavy (non-hydrogen) atoms. The Labute approximate surface area is 148 Å². The number of para-hydroxylation sites is 2. The molecule has 2 heterocycles. The number of hydrogen-bond donors (Lipinski definition) is 3. The Bertz CT molecular complexity index is 905. The monoisotopic (exact) mass is 359 g/mol. The number of aryl methyl sites for hydroxylation is 1. The highest BCUT2D eigenvalue weighted by atomic mass is 32.1. The SMILES string of the molecule is Cc1sc(NC(=O)C2(C)Oc3ccccc3NC2=O)c(C(N)=O)c1C. The van der Waals surface area contributed by atoms with Gasteiger partial charge in [-0.25, -0.2) is 0 Å². The number of benzene rings is 1. The predicted octanol–water partition coefficient (Wildman–Crippen LogP) is 2.19. The van der Waals surface area contributed by atoms with Crippen molar-refractivity contribution in [3.63, 3.8) is 0 Å². The molecule has 3 amide bonds. The normalized spacial score (nSPS) is 18.8. The number of primary amides is 1. The van der Waals surface area contributed by atoms with E-state index in [-0.39, 0.29) is 5.56 Å². The molecule has 0 radical (unpaired) electrons. The molecule has 1 aliphatic heterocycles. The average Bonchev–Trinajstić information content (AvgIpc) is 2.82. The zero-order chi connectivity index (χ0) is 18.4. The number of nitrogens with one attached hydrogen (secondary N) is 2. The van der Waals surface area contributed by atoms with Gasteiger partial charge >= 0.3 is 0 Å². The minimum Gasteiger partial charge on any atom is -0.466 e. The highest BCUT2D eigenvalue weighted by Gasteiger charge is 2.47. The first-order valence-electron chi connectivity index (χ1n) is 7.54. The third-order valence-electron chi connectivity index (χ3n) is 4.17. The average molecular weight is 359 g/mol. The van der Waals surface area contributed by atoms with E-state index in [1.165, 1.54) is 18.3 Å². The van der Waals surface area contributed by atoms with Crippen molar-refractivity contribution in [1.82, 2.24) is 0 Å². The molecule has 0 bridgehead atoms. The van der Waals surface area contributed by atoms with E-state index >= 15 is 0 Å². The number of carbonyl (C=O) groups excluding carboxylic acids is 3. The molecule has 0 fully saturated rings. The molecule has 0 spiro atoms. The van der Waals surface area contributed by atoms with Crippen LogP contribution in [0.5, 0.6) is 5.75 Å². The van der Waals surface area contributed by atoms with Gasteiger partial charge in [0.2, 0.25) is 0 Å². The van der Waals surface area contributed by atoms with Gasteiger partial charge in [-0.15, -0.1) is 11.3 Å². The highest BCUT2D eigenvalue weighted by Crippen LogP contribution is 2.36. The van der Waals surface area contributed by atoms with Crippen molar-refractivity contribution in [3.8, 4) is 5.75 Å². The number of thiophene rings is 1. The summed E-state index contributed by atoms with van der Waals surface area (Å²) in [6.07, 6.45) is 0. The van der Waals surface area contributed by atoms with E-state index in [0.29, 0.717) is 22.0 Å². The van der Waals surface area contributed by atoms with E-state index in [2.05, 4.69) is 10.6 Å². The quantitative estimate of drug-likeness (QED) is 0.730. The summed E-state index contributed by atoms with van der Waals surface area (Å²) in [6.45, 7) is 4.96. The summed E-state index contributed by atoms with van der Waals surface area (Å²) < 4.78 is 5.67. The van der Waals surface area contributed by atoms with Gasteiger partial charge in [-0.05, 0) is 38.5 Å². The van der Waals surface area contributed by atoms with Crippen LogP contribution in [-0.4, -0.2) is 23.3 Å². The first-order chi connectivity index (χ1) is 11.7. The Kier molecular flexibility index (Phi) is 4.00. The van der Waals surface area contributed by atoms with Crippen molar-refractivity contribution in [2.45, 2.75) is 26.4 Å². The molecule has 7 nitrogen and oxygen atoms in total. The maximum Gasteiger partial charge on any atom is 0.278 e. The molecule has 0 saturated carbocycles. The Morgan fingerprint density at radius 1 is 1.28 bits per heavy atom. The van der Waals surface area contributed by atoms with Crippen LogP contribution in [-0.2, 0) is 9.59 Å². The molecular formula is C17H17N3O4S. The van der Waals surface area contributed by atoms with Crippen LogP contribution in [0.25, 0.3) is 0 Å². The van der Waals surface area contributed by atoms with E-state index in [1.54, 1.807) is 31.2 Å². The van der Waals surface area contributed by atoms with Gasteiger partial charge in [-0.3, -0.25) is 14.4 Å². The number of rotatable bonds is 3. The fourth-order valence-electron chi connectivity index (χ4n) is 2.55. The first kappa shape index (κ1) is 17.0. The molecule has 0 saturated heterocycles. The second-order valence-corrected chi connectivity index (χ2v) is 7.12. The Morgan fingerprint density at radius 3 is 2.64 bits per heavy atom. The van der Waals surface area contributed by atoms with Crippen LogP contribution in [0.1, 0.15) is 27.7 Å². The Morgan fingerprint density at radius 2 is 1.96 bits per heavy atom. The second kappa shape index (κ2) is 5.89. The summed E-state index contributed by atoms with van der Waals surface area (Å²) in [4.78, 5) is 37.7. The summed E-state index contributed by atoms with van der Waals surface area (Å²) >= 11 is 1.23. The van der Waals surface area contributed by atoms with Gasteiger partial charge in [0.15, 0.2) is 0 Å². The van der Waals surface area contributed by atoms with Crippen LogP contribution in [0, 0.1) is 13.8 Å². The minimum atomic E-state index is -1.77. The summed E-state index contributed by atoms with van der Waals surface area (Å²) in [5.74, 6) is -1.51. The second-order valence-electron chi connectivity index (χ2n) is 5.89. The lowest BCUT2D eigenvalue weighted by Crippen LogP contribution is -2.56. The molecule has 2 aromatic rings. The van der Waals surface area contributed by atoms with E-state index in [1.807, 2.05) is 6.92 Å². The largest absolute Gasteiger partial charge is 0.466 e. The fraction of sp³-hybridized carbons (Fsp3) is 0.235. The van der Waals surface area contributed by atoms with Crippen LogP contribution in [0.15, 0.2) is 24.3 Å². The minimum absolute atomic E-state index is 0.246. The number of hydrogen-bond acceptors (Lipinski definition) is 5. The lowest BCUT2D eigenvalue weighted by atomic mass is 10.0. The molecule has 1 unspecified atom stereocenters. The maximum atomic E-state index is 12.8. The summed E-state index contributed by atoms with van der Waals surface area (Å²) in [6, 6.07) is 6.84. The topological polar surface area (TPSA) is 111 Å². The van der Waals surface area contributed by atoms with E-state index in [4.69, 9.17) is 10.5 Å². The molecule has 1 aromatic heterocycles. The molecule has 8 heteroatoms. The number of ether oxygens (including phenoxy) is 1. The molecule has 1 atom stereocenters. The fourth-order valence-corrected chi connectivity index (χ4v) is 3.61. The van der Waals surface area contributed by atoms with Crippen molar-refractivity contribution in [1.29, 1.82) is 0 Å². The Balaban J connectivity index is 1.93. The highest BCUT2D eigenvalue weighted by molar-refractivity contribution is 7.16.